The zero-order chi connectivity index (χ0) is 13.7. The van der Waals surface area contributed by atoms with E-state index in [-0.39, 0.29) is 17.1 Å². The lowest BCUT2D eigenvalue weighted by Gasteiger charge is -1.95. The molecule has 0 saturated heterocycles. The van der Waals surface area contributed by atoms with Gasteiger partial charge in [0.15, 0.2) is 17.0 Å². The molecule has 1 aliphatic heterocycles. The van der Waals surface area contributed by atoms with E-state index < -0.39 is 5.91 Å². The lowest BCUT2D eigenvalue weighted by molar-refractivity contribution is -0.112. The number of nitrogens with zero attached hydrogens (tertiary/aromatic N) is 2. The molecule has 0 saturated carbocycles. The first-order chi connectivity index (χ1) is 9.75. The molecule has 0 atom stereocenters. The second-order valence-electron chi connectivity index (χ2n) is 4.44. The Morgan fingerprint density at radius 2 is 1.95 bits per heavy atom. The lowest BCUT2D eigenvalue weighted by atomic mass is 10.1. The van der Waals surface area contributed by atoms with Gasteiger partial charge in [-0.1, -0.05) is 12.1 Å². The fraction of sp³-hybridized carbons (Fsp3) is 0. The summed E-state index contributed by atoms with van der Waals surface area (Å²) in [6.45, 7) is 0. The quantitative estimate of drug-likeness (QED) is 0.708. The molecule has 20 heavy (non-hydrogen) atoms. The number of furan rings is 1. The number of carbonyl (C=O) groups is 1. The topological polar surface area (TPSA) is 75.7 Å². The van der Waals surface area contributed by atoms with Gasteiger partial charge < -0.3 is 9.52 Å². The molecule has 3 aromatic rings. The van der Waals surface area contributed by atoms with E-state index in [0.717, 1.165) is 0 Å². The molecule has 1 aliphatic rings. The number of rotatable bonds is 1. The number of para-hydroxylation sites is 1. The normalized spacial score (nSPS) is 13.6. The fourth-order valence-electron chi connectivity index (χ4n) is 2.37. The van der Waals surface area contributed by atoms with Crippen molar-refractivity contribution < 1.29 is 14.3 Å². The summed E-state index contributed by atoms with van der Waals surface area (Å²) in [5.74, 6) is -0.351. The second kappa shape index (κ2) is 3.77. The number of hydrogen-bond acceptors (Lipinski definition) is 4. The van der Waals surface area contributed by atoms with Gasteiger partial charge in [0.05, 0.1) is 11.0 Å². The maximum Gasteiger partial charge on any atom is 0.283 e. The van der Waals surface area contributed by atoms with E-state index in [2.05, 4.69) is 9.98 Å². The van der Waals surface area contributed by atoms with Gasteiger partial charge in [0.25, 0.3) is 5.91 Å². The number of aromatic nitrogens is 1. The third kappa shape index (κ3) is 1.34. The number of hydrogen-bond donors (Lipinski definition) is 1. The molecule has 4 rings (SSSR count). The van der Waals surface area contributed by atoms with Crippen LogP contribution in [0.25, 0.3) is 16.5 Å². The summed E-state index contributed by atoms with van der Waals surface area (Å²) in [4.78, 5) is 19.9. The highest BCUT2D eigenvalue weighted by molar-refractivity contribution is 6.21. The van der Waals surface area contributed by atoms with Crippen molar-refractivity contribution in [1.29, 1.82) is 0 Å². The largest absolute Gasteiger partial charge is 0.504 e. The van der Waals surface area contributed by atoms with Crippen molar-refractivity contribution >= 4 is 22.4 Å². The molecule has 0 fully saturated rings. The Hall–Kier alpha value is -2.95. The van der Waals surface area contributed by atoms with Crippen LogP contribution < -0.4 is 10.7 Å². The molecular weight excluding hydrogens is 256 g/mol. The highest BCUT2D eigenvalue weighted by Crippen LogP contribution is 2.35. The smallest absolute Gasteiger partial charge is 0.283 e. The first-order valence-corrected chi connectivity index (χ1v) is 6.05. The molecule has 3 heterocycles. The van der Waals surface area contributed by atoms with Crippen LogP contribution in [0, 0.1) is 0 Å². The standard InChI is InChI=1S/C15H8N2O3/c18-12-8-4-1-2-6-10(8)20-13(12)11-9-5-3-7-16-14(9)17-15(11)19/h1-7,18H. The Kier molecular flexibility index (Phi) is 2.06. The Labute approximate surface area is 112 Å². The van der Waals surface area contributed by atoms with Gasteiger partial charge in [-0.3, -0.25) is 4.79 Å². The Balaban J connectivity index is 2.13. The van der Waals surface area contributed by atoms with Crippen LogP contribution in [0.15, 0.2) is 52.0 Å². The molecule has 5 nitrogen and oxygen atoms in total. The first kappa shape index (κ1) is 10.9. The van der Waals surface area contributed by atoms with Crippen molar-refractivity contribution in [2.24, 2.45) is 4.99 Å². The average Bonchev–Trinajstić information content (AvgIpc) is 2.96. The van der Waals surface area contributed by atoms with E-state index in [9.17, 15) is 9.90 Å². The number of pyridine rings is 1. The summed E-state index contributed by atoms with van der Waals surface area (Å²) < 4.78 is 5.61. The Morgan fingerprint density at radius 1 is 1.10 bits per heavy atom. The van der Waals surface area contributed by atoms with E-state index in [1.54, 1.807) is 42.6 Å². The van der Waals surface area contributed by atoms with Gasteiger partial charge in [-0.05, 0) is 24.3 Å². The van der Waals surface area contributed by atoms with E-state index in [1.807, 2.05) is 0 Å². The predicted molar refractivity (Wildman–Crippen MR) is 70.4 cm³/mol. The van der Waals surface area contributed by atoms with Crippen LogP contribution in [-0.4, -0.2) is 16.0 Å². The van der Waals surface area contributed by atoms with Gasteiger partial charge in [0.2, 0.25) is 0 Å². The van der Waals surface area contributed by atoms with E-state index in [0.29, 0.717) is 21.7 Å². The molecule has 0 spiro atoms. The fourth-order valence-corrected chi connectivity index (χ4v) is 2.37. The third-order valence-electron chi connectivity index (χ3n) is 3.27. The summed E-state index contributed by atoms with van der Waals surface area (Å²) in [6, 6.07) is 10.5. The molecule has 2 aromatic heterocycles. The molecule has 0 bridgehead atoms. The number of amides is 1. The molecule has 0 radical (unpaired) electrons. The maximum absolute atomic E-state index is 12.0. The summed E-state index contributed by atoms with van der Waals surface area (Å²) in [7, 11) is 0. The Bertz CT molecular complexity index is 986. The zero-order valence-corrected chi connectivity index (χ0v) is 10.2. The molecule has 0 unspecified atom stereocenters. The van der Waals surface area contributed by atoms with Crippen LogP contribution in [0.3, 0.4) is 0 Å². The van der Waals surface area contributed by atoms with Crippen LogP contribution in [-0.2, 0) is 4.79 Å². The SMILES string of the molecule is O=C1N=c2ncccc2=C1c1oc2ccccc2c1O. The van der Waals surface area contributed by atoms with Gasteiger partial charge in [0, 0.05) is 11.4 Å². The van der Waals surface area contributed by atoms with Gasteiger partial charge in [-0.2, -0.15) is 4.99 Å². The van der Waals surface area contributed by atoms with Crippen LogP contribution in [0.5, 0.6) is 5.75 Å². The van der Waals surface area contributed by atoms with E-state index in [4.69, 9.17) is 4.42 Å². The highest BCUT2D eigenvalue weighted by atomic mass is 16.4. The van der Waals surface area contributed by atoms with Crippen molar-refractivity contribution in [1.82, 2.24) is 4.98 Å². The summed E-state index contributed by atoms with van der Waals surface area (Å²) in [6.07, 6.45) is 1.57. The zero-order valence-electron chi connectivity index (χ0n) is 10.2. The monoisotopic (exact) mass is 264 g/mol. The second-order valence-corrected chi connectivity index (χ2v) is 4.44. The molecule has 96 valence electrons. The van der Waals surface area contributed by atoms with E-state index in [1.165, 1.54) is 0 Å². The molecule has 1 amide bonds. The minimum atomic E-state index is -0.451. The highest BCUT2D eigenvalue weighted by Gasteiger charge is 2.26. The molecule has 0 aliphatic carbocycles. The summed E-state index contributed by atoms with van der Waals surface area (Å²) in [5, 5.41) is 11.4. The van der Waals surface area contributed by atoms with Gasteiger partial charge in [0.1, 0.15) is 5.58 Å². The molecule has 1 N–H and O–H groups in total. The van der Waals surface area contributed by atoms with Gasteiger partial charge in [-0.15, -0.1) is 0 Å². The minimum Gasteiger partial charge on any atom is -0.504 e. The number of benzene rings is 1. The maximum atomic E-state index is 12.0. The van der Waals surface area contributed by atoms with Crippen LogP contribution in [0.1, 0.15) is 5.76 Å². The summed E-state index contributed by atoms with van der Waals surface area (Å²) >= 11 is 0. The van der Waals surface area contributed by atoms with Crippen LogP contribution in [0.2, 0.25) is 0 Å². The first-order valence-electron chi connectivity index (χ1n) is 6.05. The van der Waals surface area contributed by atoms with Crippen molar-refractivity contribution in [2.45, 2.75) is 0 Å². The van der Waals surface area contributed by atoms with Crippen LogP contribution in [0.4, 0.5) is 0 Å². The Morgan fingerprint density at radius 3 is 2.80 bits per heavy atom. The average molecular weight is 264 g/mol. The predicted octanol–water partition coefficient (Wildman–Crippen LogP) is 0.892. The van der Waals surface area contributed by atoms with Crippen molar-refractivity contribution in [2.75, 3.05) is 0 Å². The van der Waals surface area contributed by atoms with Crippen molar-refractivity contribution in [3.63, 3.8) is 0 Å². The van der Waals surface area contributed by atoms with Crippen molar-refractivity contribution in [3.05, 3.63) is 59.1 Å². The van der Waals surface area contributed by atoms with Crippen molar-refractivity contribution in [3.8, 4) is 5.75 Å². The number of fused-ring (bicyclic) bond motifs is 2. The number of carbonyl (C=O) groups excluding carboxylic acids is 1. The van der Waals surface area contributed by atoms with Crippen LogP contribution >= 0.6 is 0 Å². The minimum absolute atomic E-state index is 0.0455. The van der Waals surface area contributed by atoms with E-state index >= 15 is 0 Å². The summed E-state index contributed by atoms with van der Waals surface area (Å²) in [5.41, 5.74) is 1.13. The third-order valence-corrected chi connectivity index (χ3v) is 3.27. The molecule has 1 aromatic carbocycles. The number of aromatic hydroxyl groups is 1. The molecule has 5 heteroatoms. The lowest BCUT2D eigenvalue weighted by Crippen LogP contribution is -2.25. The van der Waals surface area contributed by atoms with Gasteiger partial charge in [-0.25, -0.2) is 4.98 Å². The van der Waals surface area contributed by atoms with Gasteiger partial charge >= 0.3 is 0 Å². The molecular formula is C15H8N2O3.